The number of nitriles is 1. The summed E-state index contributed by atoms with van der Waals surface area (Å²) >= 11 is 0. The molecule has 0 amide bonds. The quantitative estimate of drug-likeness (QED) is 0.920. The van der Waals surface area contributed by atoms with Crippen molar-refractivity contribution in [2.45, 2.75) is 43.7 Å². The fourth-order valence-electron chi connectivity index (χ4n) is 2.35. The molecule has 1 heterocycles. The smallest absolute Gasteiger partial charge is 0.241 e. The molecule has 6 heteroatoms. The topological polar surface area (TPSA) is 79.2 Å². The molecule has 0 bridgehead atoms. The number of nitrogens with one attached hydrogen (secondary N) is 1. The Kier molecular flexibility index (Phi) is 4.43. The fourth-order valence-corrected chi connectivity index (χ4v) is 3.90. The first kappa shape index (κ1) is 15.0. The molecule has 1 aromatic carbocycles. The van der Waals surface area contributed by atoms with Crippen LogP contribution in [0.15, 0.2) is 23.1 Å². The minimum atomic E-state index is -3.60. The lowest BCUT2D eigenvalue weighted by Gasteiger charge is -2.27. The van der Waals surface area contributed by atoms with E-state index in [0.29, 0.717) is 30.6 Å². The van der Waals surface area contributed by atoms with Gasteiger partial charge in [0.2, 0.25) is 10.0 Å². The van der Waals surface area contributed by atoms with E-state index in [1.165, 1.54) is 6.07 Å². The third-order valence-electron chi connectivity index (χ3n) is 3.41. The van der Waals surface area contributed by atoms with Gasteiger partial charge in [-0.15, -0.1) is 0 Å². The predicted octanol–water partition coefficient (Wildman–Crippen LogP) is 1.71. The van der Waals surface area contributed by atoms with Crippen molar-refractivity contribution in [2.75, 3.05) is 6.61 Å². The van der Waals surface area contributed by atoms with E-state index >= 15 is 0 Å². The van der Waals surface area contributed by atoms with Gasteiger partial charge in [0.05, 0.1) is 22.6 Å². The van der Waals surface area contributed by atoms with E-state index in [1.807, 2.05) is 13.0 Å². The predicted molar refractivity (Wildman–Crippen MR) is 74.7 cm³/mol. The average Bonchev–Trinajstić information content (AvgIpc) is 2.38. The van der Waals surface area contributed by atoms with Gasteiger partial charge in [0, 0.05) is 12.6 Å². The van der Waals surface area contributed by atoms with Crippen molar-refractivity contribution in [3.05, 3.63) is 29.3 Å². The summed E-state index contributed by atoms with van der Waals surface area (Å²) in [5.41, 5.74) is 0.980. The molecule has 2 atom stereocenters. The Morgan fingerprint density at radius 2 is 2.20 bits per heavy atom. The Labute approximate surface area is 119 Å². The molecule has 108 valence electrons. The van der Waals surface area contributed by atoms with Crippen LogP contribution in [0.25, 0.3) is 0 Å². The van der Waals surface area contributed by atoms with Gasteiger partial charge in [0.25, 0.3) is 0 Å². The Bertz CT molecular complexity index is 634. The number of hydrogen-bond acceptors (Lipinski definition) is 4. The first-order valence-electron chi connectivity index (χ1n) is 6.57. The van der Waals surface area contributed by atoms with E-state index in [0.717, 1.165) is 0 Å². The normalized spacial score (nSPS) is 23.2. The highest BCUT2D eigenvalue weighted by molar-refractivity contribution is 7.89. The van der Waals surface area contributed by atoms with E-state index in [9.17, 15) is 8.42 Å². The Hall–Kier alpha value is -1.42. The van der Waals surface area contributed by atoms with Gasteiger partial charge in [-0.3, -0.25) is 0 Å². The van der Waals surface area contributed by atoms with Crippen molar-refractivity contribution in [3.8, 4) is 6.07 Å². The van der Waals surface area contributed by atoms with E-state index in [2.05, 4.69) is 4.72 Å². The van der Waals surface area contributed by atoms with Crippen molar-refractivity contribution in [3.63, 3.8) is 0 Å². The van der Waals surface area contributed by atoms with E-state index < -0.39 is 10.0 Å². The van der Waals surface area contributed by atoms with Gasteiger partial charge in [0.15, 0.2) is 0 Å². The van der Waals surface area contributed by atoms with Crippen LogP contribution in [0.2, 0.25) is 0 Å². The monoisotopic (exact) mass is 294 g/mol. The summed E-state index contributed by atoms with van der Waals surface area (Å²) < 4.78 is 33.0. The molecule has 1 aliphatic heterocycles. The van der Waals surface area contributed by atoms with Gasteiger partial charge >= 0.3 is 0 Å². The van der Waals surface area contributed by atoms with Crippen LogP contribution in [-0.2, 0) is 14.8 Å². The van der Waals surface area contributed by atoms with Gasteiger partial charge in [0.1, 0.15) is 0 Å². The zero-order valence-electron chi connectivity index (χ0n) is 11.6. The molecule has 2 unspecified atom stereocenters. The number of rotatable bonds is 3. The third-order valence-corrected chi connectivity index (χ3v) is 5.08. The summed E-state index contributed by atoms with van der Waals surface area (Å²) in [6, 6.07) is 6.53. The summed E-state index contributed by atoms with van der Waals surface area (Å²) in [6.07, 6.45) is 1.39. The van der Waals surface area contributed by atoms with Crippen LogP contribution >= 0.6 is 0 Å². The molecular formula is C14H18N2O3S. The number of benzene rings is 1. The van der Waals surface area contributed by atoms with Crippen LogP contribution in [-0.4, -0.2) is 27.2 Å². The lowest BCUT2D eigenvalue weighted by atomic mass is 10.1. The van der Waals surface area contributed by atoms with Crippen molar-refractivity contribution >= 4 is 10.0 Å². The second-order valence-corrected chi connectivity index (χ2v) is 6.80. The van der Waals surface area contributed by atoms with E-state index in [4.69, 9.17) is 10.00 Å². The molecule has 2 rings (SSSR count). The maximum atomic E-state index is 12.4. The van der Waals surface area contributed by atoms with E-state index in [1.54, 1.807) is 19.1 Å². The number of sulfonamides is 1. The SMILES string of the molecule is Cc1ccc(C#N)cc1S(=O)(=O)NC1CCOC(C)C1. The molecule has 1 N–H and O–H groups in total. The lowest BCUT2D eigenvalue weighted by Crippen LogP contribution is -2.41. The summed E-state index contributed by atoms with van der Waals surface area (Å²) in [5.74, 6) is 0. The molecular weight excluding hydrogens is 276 g/mol. The second-order valence-electron chi connectivity index (χ2n) is 5.12. The molecule has 0 aromatic heterocycles. The van der Waals surface area contributed by atoms with Crippen molar-refractivity contribution < 1.29 is 13.2 Å². The van der Waals surface area contributed by atoms with Crippen LogP contribution in [0.3, 0.4) is 0 Å². The maximum absolute atomic E-state index is 12.4. The molecule has 0 spiro atoms. The molecule has 1 fully saturated rings. The zero-order chi connectivity index (χ0) is 14.8. The molecule has 1 saturated heterocycles. The number of nitrogens with zero attached hydrogens (tertiary/aromatic N) is 1. The first-order chi connectivity index (χ1) is 9.42. The molecule has 20 heavy (non-hydrogen) atoms. The minimum absolute atomic E-state index is 0.0583. The third kappa shape index (κ3) is 3.37. The molecule has 0 saturated carbocycles. The van der Waals surface area contributed by atoms with Crippen molar-refractivity contribution in [1.29, 1.82) is 5.26 Å². The summed E-state index contributed by atoms with van der Waals surface area (Å²) in [5, 5.41) is 8.89. The largest absolute Gasteiger partial charge is 0.378 e. The number of ether oxygens (including phenoxy) is 1. The standard InChI is InChI=1S/C14H18N2O3S/c1-10-3-4-12(9-15)8-14(10)20(17,18)16-13-5-6-19-11(2)7-13/h3-4,8,11,13,16H,5-7H2,1-2H3. The highest BCUT2D eigenvalue weighted by atomic mass is 32.2. The van der Waals surface area contributed by atoms with Gasteiger partial charge < -0.3 is 4.74 Å². The summed E-state index contributed by atoms with van der Waals surface area (Å²) in [4.78, 5) is 0.177. The van der Waals surface area contributed by atoms with E-state index in [-0.39, 0.29) is 17.0 Å². The lowest BCUT2D eigenvalue weighted by molar-refractivity contribution is 0.0173. The van der Waals surface area contributed by atoms with Crippen LogP contribution in [0, 0.1) is 18.3 Å². The van der Waals surface area contributed by atoms with Gasteiger partial charge in [-0.05, 0) is 44.4 Å². The summed E-state index contributed by atoms with van der Waals surface area (Å²) in [7, 11) is -3.60. The van der Waals surface area contributed by atoms with Crippen molar-refractivity contribution in [1.82, 2.24) is 4.72 Å². The van der Waals surface area contributed by atoms with Crippen LogP contribution < -0.4 is 4.72 Å². The highest BCUT2D eigenvalue weighted by Gasteiger charge is 2.26. The van der Waals surface area contributed by atoms with Crippen LogP contribution in [0.5, 0.6) is 0 Å². The van der Waals surface area contributed by atoms with Crippen LogP contribution in [0.4, 0.5) is 0 Å². The first-order valence-corrected chi connectivity index (χ1v) is 8.05. The Morgan fingerprint density at radius 3 is 2.85 bits per heavy atom. The second kappa shape index (κ2) is 5.92. The zero-order valence-corrected chi connectivity index (χ0v) is 12.4. The molecule has 0 aliphatic carbocycles. The molecule has 1 aromatic rings. The highest BCUT2D eigenvalue weighted by Crippen LogP contribution is 2.20. The van der Waals surface area contributed by atoms with Crippen LogP contribution in [0.1, 0.15) is 30.9 Å². The van der Waals surface area contributed by atoms with Gasteiger partial charge in [-0.25, -0.2) is 13.1 Å². The van der Waals surface area contributed by atoms with Gasteiger partial charge in [-0.2, -0.15) is 5.26 Å². The number of hydrogen-bond donors (Lipinski definition) is 1. The fraction of sp³-hybridized carbons (Fsp3) is 0.500. The maximum Gasteiger partial charge on any atom is 0.241 e. The average molecular weight is 294 g/mol. The van der Waals surface area contributed by atoms with Gasteiger partial charge in [-0.1, -0.05) is 6.07 Å². The molecule has 1 aliphatic rings. The minimum Gasteiger partial charge on any atom is -0.378 e. The number of aryl methyl sites for hydroxylation is 1. The Morgan fingerprint density at radius 1 is 1.45 bits per heavy atom. The Balaban J connectivity index is 2.24. The van der Waals surface area contributed by atoms with Crippen molar-refractivity contribution in [2.24, 2.45) is 0 Å². The molecule has 5 nitrogen and oxygen atoms in total. The molecule has 0 radical (unpaired) electrons. The summed E-state index contributed by atoms with van der Waals surface area (Å²) in [6.45, 7) is 4.22.